The van der Waals surface area contributed by atoms with Crippen LogP contribution in [0.1, 0.15) is 0 Å². The molecule has 19 aromatic carbocycles. The van der Waals surface area contributed by atoms with E-state index in [2.05, 4.69) is 428 Å². The van der Waals surface area contributed by atoms with Crippen LogP contribution in [0.4, 0.5) is 34.1 Å². The lowest BCUT2D eigenvalue weighted by atomic mass is 9.85. The zero-order chi connectivity index (χ0) is 74.3. The number of benzene rings is 19. The largest absolute Gasteiger partial charge is 0.456 e. The van der Waals surface area contributed by atoms with Gasteiger partial charge in [-0.25, -0.2) is 0 Å². The number of rotatable bonds is 14. The van der Waals surface area contributed by atoms with E-state index in [9.17, 15) is 0 Å². The Bertz CT molecular complexity index is 6760. The minimum atomic E-state index is 0.824. The second kappa shape index (κ2) is 29.0. The van der Waals surface area contributed by atoms with Crippen LogP contribution in [0, 0.1) is 0 Å². The summed E-state index contributed by atoms with van der Waals surface area (Å²) in [4.78, 5) is 4.66. The fourth-order valence-electron chi connectivity index (χ4n) is 16.4. The maximum absolute atomic E-state index is 6.70. The summed E-state index contributed by atoms with van der Waals surface area (Å²) in [6.45, 7) is 0. The monoisotopic (exact) mass is 1430 g/mol. The number of fused-ring (bicyclic) bond motifs is 9. The van der Waals surface area contributed by atoms with Crippen LogP contribution in [-0.2, 0) is 0 Å². The average Bonchev–Trinajstić information content (AvgIpc) is 0.836. The summed E-state index contributed by atoms with van der Waals surface area (Å²) in [5, 5.41) is 14.5. The van der Waals surface area contributed by atoms with Crippen molar-refractivity contribution in [1.29, 1.82) is 0 Å². The first kappa shape index (κ1) is 66.6. The smallest absolute Gasteiger partial charge is 0.135 e. The van der Waals surface area contributed by atoms with Crippen molar-refractivity contribution in [1.82, 2.24) is 0 Å². The third kappa shape index (κ3) is 12.8. The van der Waals surface area contributed by atoms with Crippen molar-refractivity contribution < 1.29 is 8.83 Å². The molecule has 0 N–H and O–H groups in total. The highest BCUT2D eigenvalue weighted by atomic mass is 16.3. The molecule has 0 radical (unpaired) electrons. The SMILES string of the molecule is c1ccc(-c2cc3c(ccc4cc(-c5c6ccccc6c(-c6ccc7ccccc7c6)c6ccccc56)ccc43)o2)cc1.c1ccc(-c2ccc(N(c3ccc(-c4ccccc4)cc3)c3ccc(-c4cc5c(ccc6ccc(N(c7ccc(-c8ccccc8)cc7)c7ccc(-c8ccccc8)cc7)cc65)o4)cc3)cc2)cc1. The van der Waals surface area contributed by atoms with E-state index in [1.165, 1.54) is 110 Å². The van der Waals surface area contributed by atoms with Crippen molar-refractivity contribution in [3.8, 4) is 89.4 Å². The average molecular weight is 1430 g/mol. The molecule has 0 fully saturated rings. The maximum atomic E-state index is 6.70. The summed E-state index contributed by atoms with van der Waals surface area (Å²) in [7, 11) is 0. The van der Waals surface area contributed by atoms with Gasteiger partial charge in [-0.15, -0.1) is 0 Å². The van der Waals surface area contributed by atoms with Crippen molar-refractivity contribution >= 4 is 110 Å². The van der Waals surface area contributed by atoms with E-state index in [1.54, 1.807) is 0 Å². The van der Waals surface area contributed by atoms with Crippen molar-refractivity contribution in [2.24, 2.45) is 0 Å². The van der Waals surface area contributed by atoms with Crippen LogP contribution >= 0.6 is 0 Å². The highest BCUT2D eigenvalue weighted by Gasteiger charge is 2.22. The van der Waals surface area contributed by atoms with E-state index in [1.807, 2.05) is 18.2 Å². The molecule has 0 aliphatic carbocycles. The Balaban J connectivity index is 0.000000162. The van der Waals surface area contributed by atoms with Gasteiger partial charge in [0.05, 0.1) is 0 Å². The van der Waals surface area contributed by atoms with Crippen LogP contribution in [0.25, 0.3) is 165 Å². The molecule has 4 nitrogen and oxygen atoms in total. The number of nitrogens with zero attached hydrogens (tertiary/aromatic N) is 2. The molecule has 21 aromatic rings. The molecule has 4 heteroatoms. The predicted molar refractivity (Wildman–Crippen MR) is 473 cm³/mol. The predicted octanol–water partition coefficient (Wildman–Crippen LogP) is 30.9. The van der Waals surface area contributed by atoms with E-state index in [4.69, 9.17) is 8.83 Å². The Morgan fingerprint density at radius 3 is 0.839 bits per heavy atom. The molecule has 0 saturated carbocycles. The van der Waals surface area contributed by atoms with Gasteiger partial charge in [0.15, 0.2) is 0 Å². The molecule has 0 amide bonds. The summed E-state index contributed by atoms with van der Waals surface area (Å²) in [6, 6.07) is 156. The summed E-state index contributed by atoms with van der Waals surface area (Å²) >= 11 is 0. The van der Waals surface area contributed by atoms with Gasteiger partial charge in [-0.05, 0) is 242 Å². The maximum Gasteiger partial charge on any atom is 0.135 e. The van der Waals surface area contributed by atoms with Gasteiger partial charge in [-0.1, -0.05) is 315 Å². The van der Waals surface area contributed by atoms with Crippen LogP contribution in [0.2, 0.25) is 0 Å². The van der Waals surface area contributed by atoms with Gasteiger partial charge in [0.2, 0.25) is 0 Å². The summed E-state index contributed by atoms with van der Waals surface area (Å²) in [5.41, 5.74) is 24.8. The first-order valence-electron chi connectivity index (χ1n) is 38.2. The van der Waals surface area contributed by atoms with Gasteiger partial charge in [0.25, 0.3) is 0 Å². The third-order valence-electron chi connectivity index (χ3n) is 21.9. The van der Waals surface area contributed by atoms with Gasteiger partial charge < -0.3 is 18.6 Å². The molecule has 2 heterocycles. The Hall–Kier alpha value is -14.8. The van der Waals surface area contributed by atoms with Gasteiger partial charge in [-0.3, -0.25) is 0 Å². The molecule has 0 atom stereocenters. The van der Waals surface area contributed by atoms with Crippen LogP contribution in [0.3, 0.4) is 0 Å². The Labute approximate surface area is 650 Å². The molecule has 0 aliphatic rings. The second-order valence-electron chi connectivity index (χ2n) is 28.7. The van der Waals surface area contributed by atoms with E-state index >= 15 is 0 Å². The molecular weight excluding hydrogens is 1360 g/mol. The van der Waals surface area contributed by atoms with Gasteiger partial charge in [-0.2, -0.15) is 0 Å². The molecule has 21 rings (SSSR count). The standard InChI is InChI=1S/C66H46N2O.C42H26O/c1-5-13-47(14-6-1)51-21-33-57(34-22-51)67(58-35-23-52(24-36-58)48-15-7-2-8-16-48)59-41-30-56(31-42-59)66-46-64-63-45-62(43-29-55(63)32-44-65(64)69-66)68(60-37-25-53(26-38-60)49-17-9-3-10-18-49)61-39-27-54(28-40-61)50-19-11-4-12-20-50;1-2-11-28(12-3-1)40-26-38-33-22-20-32(25-30(33)21-23-39(38)43-40)42-36-16-8-6-14-34(36)41(35-15-7-9-17-37(35)42)31-19-18-27-10-4-5-13-29(27)24-31/h1-46H;1-26H. The van der Waals surface area contributed by atoms with Crippen molar-refractivity contribution in [3.05, 3.63) is 437 Å². The first-order chi connectivity index (χ1) is 55.5. The highest BCUT2D eigenvalue weighted by molar-refractivity contribution is 6.23. The molecule has 0 spiro atoms. The van der Waals surface area contributed by atoms with Gasteiger partial charge in [0.1, 0.15) is 22.7 Å². The Kier molecular flexibility index (Phi) is 17.3. The number of hydrogen-bond donors (Lipinski definition) is 0. The molecular formula is C108H72N2O2. The number of anilines is 6. The van der Waals surface area contributed by atoms with Crippen LogP contribution in [0.15, 0.2) is 446 Å². The van der Waals surface area contributed by atoms with E-state index in [0.29, 0.717) is 0 Å². The third-order valence-corrected chi connectivity index (χ3v) is 21.9. The fraction of sp³-hybridized carbons (Fsp3) is 0. The number of hydrogen-bond acceptors (Lipinski definition) is 4. The molecule has 112 heavy (non-hydrogen) atoms. The molecule has 2 aromatic heterocycles. The molecule has 0 unspecified atom stereocenters. The minimum Gasteiger partial charge on any atom is -0.456 e. The molecule has 526 valence electrons. The lowest BCUT2D eigenvalue weighted by Gasteiger charge is -2.26. The van der Waals surface area contributed by atoms with E-state index in [-0.39, 0.29) is 0 Å². The zero-order valence-electron chi connectivity index (χ0n) is 61.3. The summed E-state index contributed by atoms with van der Waals surface area (Å²) in [5.74, 6) is 1.72. The van der Waals surface area contributed by atoms with E-state index < -0.39 is 0 Å². The summed E-state index contributed by atoms with van der Waals surface area (Å²) < 4.78 is 13.0. The molecule has 0 bridgehead atoms. The first-order valence-corrected chi connectivity index (χ1v) is 38.2. The Morgan fingerprint density at radius 1 is 0.143 bits per heavy atom. The molecule has 0 saturated heterocycles. The quantitative estimate of drug-likeness (QED) is 0.102. The Morgan fingerprint density at radius 2 is 0.420 bits per heavy atom. The van der Waals surface area contributed by atoms with Crippen LogP contribution < -0.4 is 9.80 Å². The molecule has 0 aliphatic heterocycles. The highest BCUT2D eigenvalue weighted by Crippen LogP contribution is 2.47. The van der Waals surface area contributed by atoms with Gasteiger partial charge in [0, 0.05) is 56.0 Å². The second-order valence-corrected chi connectivity index (χ2v) is 28.7. The van der Waals surface area contributed by atoms with Crippen molar-refractivity contribution in [2.75, 3.05) is 9.80 Å². The van der Waals surface area contributed by atoms with Gasteiger partial charge >= 0.3 is 0 Å². The van der Waals surface area contributed by atoms with Crippen molar-refractivity contribution in [2.45, 2.75) is 0 Å². The lowest BCUT2D eigenvalue weighted by molar-refractivity contribution is 0.631. The zero-order valence-corrected chi connectivity index (χ0v) is 61.3. The van der Waals surface area contributed by atoms with Crippen LogP contribution in [-0.4, -0.2) is 0 Å². The van der Waals surface area contributed by atoms with Crippen LogP contribution in [0.5, 0.6) is 0 Å². The number of furan rings is 2. The minimum absolute atomic E-state index is 0.824. The van der Waals surface area contributed by atoms with Crippen molar-refractivity contribution in [3.63, 3.8) is 0 Å². The van der Waals surface area contributed by atoms with E-state index in [0.717, 1.165) is 89.5 Å². The topological polar surface area (TPSA) is 32.8 Å². The lowest BCUT2D eigenvalue weighted by Crippen LogP contribution is -2.09. The normalized spacial score (nSPS) is 11.4. The summed E-state index contributed by atoms with van der Waals surface area (Å²) in [6.07, 6.45) is 0. The fourth-order valence-corrected chi connectivity index (χ4v) is 16.4.